The summed E-state index contributed by atoms with van der Waals surface area (Å²) in [5, 5.41) is 0. The average Bonchev–Trinajstić information content (AvgIpc) is 2.04. The Morgan fingerprint density at radius 1 is 1.50 bits per heavy atom. The molecule has 6 heteroatoms. The number of nitrogens with two attached hydrogens (primary N) is 2. The van der Waals surface area contributed by atoms with E-state index in [1.165, 1.54) is 12.5 Å². The Kier molecular flexibility index (Phi) is 2.18. The Morgan fingerprint density at radius 2 is 2.17 bits per heavy atom. The van der Waals surface area contributed by atoms with Gasteiger partial charge in [-0.1, -0.05) is 0 Å². The van der Waals surface area contributed by atoms with Gasteiger partial charge in [0.1, 0.15) is 6.26 Å². The predicted octanol–water partition coefficient (Wildman–Crippen LogP) is -1.28. The van der Waals surface area contributed by atoms with Crippen molar-refractivity contribution >= 4 is 11.9 Å². The van der Waals surface area contributed by atoms with Crippen LogP contribution in [0.3, 0.4) is 0 Å². The molecule has 1 aliphatic rings. The highest BCUT2D eigenvalue weighted by atomic mass is 16.5. The predicted molar refractivity (Wildman–Crippen MR) is 39.5 cm³/mol. The number of carbonyl (C=O) groups excluding carboxylic acids is 2. The third kappa shape index (κ3) is 1.66. The maximum absolute atomic E-state index is 10.6. The number of primary amides is 2. The number of hydrogen-bond donors (Lipinski definition) is 2. The molecule has 0 aromatic carbocycles. The maximum atomic E-state index is 10.6. The van der Waals surface area contributed by atoms with Crippen LogP contribution in [-0.4, -0.2) is 29.5 Å². The highest BCUT2D eigenvalue weighted by Gasteiger charge is 2.23. The van der Waals surface area contributed by atoms with E-state index >= 15 is 0 Å². The minimum Gasteiger partial charge on any atom is -0.485 e. The molecule has 12 heavy (non-hydrogen) atoms. The molecule has 0 spiro atoms. The van der Waals surface area contributed by atoms with Crippen molar-refractivity contribution in [2.45, 2.75) is 6.10 Å². The van der Waals surface area contributed by atoms with Crippen LogP contribution in [-0.2, 0) is 9.53 Å². The number of nitrogens with zero attached hydrogens (tertiary/aromatic N) is 1. The van der Waals surface area contributed by atoms with Crippen molar-refractivity contribution in [3.63, 3.8) is 0 Å². The van der Waals surface area contributed by atoms with Crippen LogP contribution in [0, 0.1) is 0 Å². The summed E-state index contributed by atoms with van der Waals surface area (Å²) in [6.45, 7) is 0.0706. The minimum absolute atomic E-state index is 0.0706. The van der Waals surface area contributed by atoms with Gasteiger partial charge in [-0.05, 0) is 0 Å². The normalized spacial score (nSPS) is 21.7. The molecule has 0 fully saturated rings. The highest BCUT2D eigenvalue weighted by molar-refractivity contribution is 5.81. The highest BCUT2D eigenvalue weighted by Crippen LogP contribution is 2.04. The third-order valence-electron chi connectivity index (χ3n) is 1.45. The summed E-state index contributed by atoms with van der Waals surface area (Å²) in [6.07, 6.45) is 1.76. The van der Waals surface area contributed by atoms with Gasteiger partial charge in [0.05, 0.1) is 6.54 Å². The van der Waals surface area contributed by atoms with E-state index in [1.54, 1.807) is 0 Å². The van der Waals surface area contributed by atoms with Crippen molar-refractivity contribution in [3.05, 3.63) is 12.5 Å². The van der Waals surface area contributed by atoms with Gasteiger partial charge in [-0.25, -0.2) is 4.79 Å². The molecule has 0 bridgehead atoms. The summed E-state index contributed by atoms with van der Waals surface area (Å²) in [6, 6.07) is -0.638. The first-order valence-electron chi connectivity index (χ1n) is 3.29. The lowest BCUT2D eigenvalue weighted by Crippen LogP contribution is -2.45. The van der Waals surface area contributed by atoms with Crippen LogP contribution in [0.15, 0.2) is 12.5 Å². The van der Waals surface area contributed by atoms with Gasteiger partial charge in [0.15, 0.2) is 6.10 Å². The van der Waals surface area contributed by atoms with Crippen molar-refractivity contribution in [2.24, 2.45) is 11.5 Å². The van der Waals surface area contributed by atoms with Gasteiger partial charge in [-0.2, -0.15) is 0 Å². The van der Waals surface area contributed by atoms with Crippen molar-refractivity contribution in [3.8, 4) is 0 Å². The summed E-state index contributed by atoms with van der Waals surface area (Å²) in [7, 11) is 0. The standard InChI is InChI=1S/C6H9N3O3/c7-5(10)4-3-9(6(8)11)1-2-12-4/h1-2,4H,3H2,(H2,7,10)(H2,8,11). The summed E-state index contributed by atoms with van der Waals surface area (Å²) in [4.78, 5) is 22.4. The monoisotopic (exact) mass is 171 g/mol. The van der Waals surface area contributed by atoms with E-state index < -0.39 is 18.0 Å². The molecule has 4 N–H and O–H groups in total. The first kappa shape index (κ1) is 8.38. The van der Waals surface area contributed by atoms with Crippen LogP contribution < -0.4 is 11.5 Å². The fourth-order valence-electron chi connectivity index (χ4n) is 0.806. The van der Waals surface area contributed by atoms with Gasteiger partial charge in [-0.3, -0.25) is 9.69 Å². The maximum Gasteiger partial charge on any atom is 0.319 e. The minimum atomic E-state index is -0.803. The van der Waals surface area contributed by atoms with Crippen molar-refractivity contribution in [2.75, 3.05) is 6.54 Å². The molecule has 0 saturated heterocycles. The van der Waals surface area contributed by atoms with E-state index in [1.807, 2.05) is 0 Å². The average molecular weight is 171 g/mol. The van der Waals surface area contributed by atoms with E-state index in [0.717, 1.165) is 4.90 Å². The molecule has 1 atom stereocenters. The lowest BCUT2D eigenvalue weighted by Gasteiger charge is -2.24. The molecule has 66 valence electrons. The van der Waals surface area contributed by atoms with Crippen LogP contribution in [0.5, 0.6) is 0 Å². The second-order valence-corrected chi connectivity index (χ2v) is 2.30. The SMILES string of the molecule is NC(=O)C1CN(C(N)=O)C=CO1. The van der Waals surface area contributed by atoms with E-state index in [2.05, 4.69) is 0 Å². The van der Waals surface area contributed by atoms with Crippen LogP contribution in [0.1, 0.15) is 0 Å². The summed E-state index contributed by atoms with van der Waals surface area (Å²) >= 11 is 0. The topological polar surface area (TPSA) is 98.7 Å². The molecule has 6 nitrogen and oxygen atoms in total. The number of amides is 3. The fourth-order valence-corrected chi connectivity index (χ4v) is 0.806. The summed E-state index contributed by atoms with van der Waals surface area (Å²) in [5.74, 6) is -0.620. The molecule has 0 saturated carbocycles. The van der Waals surface area contributed by atoms with E-state index in [0.29, 0.717) is 0 Å². The number of carbonyl (C=O) groups is 2. The van der Waals surface area contributed by atoms with Gasteiger partial charge in [0.2, 0.25) is 0 Å². The van der Waals surface area contributed by atoms with E-state index in [4.69, 9.17) is 16.2 Å². The Balaban J connectivity index is 2.63. The van der Waals surface area contributed by atoms with Crippen LogP contribution in [0.2, 0.25) is 0 Å². The number of hydrogen-bond acceptors (Lipinski definition) is 3. The summed E-state index contributed by atoms with van der Waals surface area (Å²) < 4.78 is 4.82. The molecule has 0 radical (unpaired) electrons. The molecule has 0 aliphatic carbocycles. The van der Waals surface area contributed by atoms with E-state index in [9.17, 15) is 9.59 Å². The Hall–Kier alpha value is -1.72. The Morgan fingerprint density at radius 3 is 2.67 bits per heavy atom. The number of rotatable bonds is 1. The number of urea groups is 1. The molecule has 0 aromatic heterocycles. The first-order valence-corrected chi connectivity index (χ1v) is 3.29. The second kappa shape index (κ2) is 3.12. The molecular weight excluding hydrogens is 162 g/mol. The van der Waals surface area contributed by atoms with Gasteiger partial charge in [0.25, 0.3) is 5.91 Å². The number of ether oxygens (including phenoxy) is 1. The zero-order valence-electron chi connectivity index (χ0n) is 6.27. The van der Waals surface area contributed by atoms with Crippen molar-refractivity contribution < 1.29 is 14.3 Å². The van der Waals surface area contributed by atoms with Crippen molar-refractivity contribution in [1.82, 2.24) is 4.90 Å². The smallest absolute Gasteiger partial charge is 0.319 e. The van der Waals surface area contributed by atoms with Gasteiger partial charge in [-0.15, -0.1) is 0 Å². The first-order chi connectivity index (χ1) is 5.61. The molecule has 1 rings (SSSR count). The largest absolute Gasteiger partial charge is 0.485 e. The van der Waals surface area contributed by atoms with Gasteiger partial charge >= 0.3 is 6.03 Å². The summed E-state index contributed by atoms with van der Waals surface area (Å²) in [5.41, 5.74) is 9.91. The molecular formula is C6H9N3O3. The molecule has 0 aromatic rings. The zero-order valence-corrected chi connectivity index (χ0v) is 6.27. The third-order valence-corrected chi connectivity index (χ3v) is 1.45. The van der Waals surface area contributed by atoms with Crippen molar-refractivity contribution in [1.29, 1.82) is 0 Å². The van der Waals surface area contributed by atoms with Crippen LogP contribution in [0.4, 0.5) is 4.79 Å². The lowest BCUT2D eigenvalue weighted by molar-refractivity contribution is -0.127. The Labute approximate surface area is 68.7 Å². The molecule has 3 amide bonds. The molecule has 1 aliphatic heterocycles. The van der Waals surface area contributed by atoms with E-state index in [-0.39, 0.29) is 6.54 Å². The molecule has 1 heterocycles. The van der Waals surface area contributed by atoms with Gasteiger partial charge in [0, 0.05) is 6.20 Å². The zero-order chi connectivity index (χ0) is 9.14. The molecule has 1 unspecified atom stereocenters. The second-order valence-electron chi connectivity index (χ2n) is 2.30. The Bertz CT molecular complexity index is 238. The fraction of sp³-hybridized carbons (Fsp3) is 0.333. The van der Waals surface area contributed by atoms with Crippen LogP contribution in [0.25, 0.3) is 0 Å². The lowest BCUT2D eigenvalue weighted by atomic mass is 10.3. The van der Waals surface area contributed by atoms with Crippen LogP contribution >= 0.6 is 0 Å². The quantitative estimate of drug-likeness (QED) is 0.514. The van der Waals surface area contributed by atoms with Gasteiger partial charge < -0.3 is 16.2 Å².